The van der Waals surface area contributed by atoms with Gasteiger partial charge in [-0.25, -0.2) is 0 Å². The molecule has 2 aliphatic rings. The Bertz CT molecular complexity index is 607. The zero-order valence-corrected chi connectivity index (χ0v) is 16.6. The molecule has 2 saturated heterocycles. The lowest BCUT2D eigenvalue weighted by molar-refractivity contribution is 0.204. The van der Waals surface area contributed by atoms with Gasteiger partial charge < -0.3 is 25.2 Å². The number of hydrogen-bond donors (Lipinski definition) is 2. The van der Waals surface area contributed by atoms with Crippen LogP contribution in [0.4, 0.5) is 17.6 Å². The molecule has 2 N–H and O–H groups in total. The summed E-state index contributed by atoms with van der Waals surface area (Å²) in [5, 5.41) is 6.79. The predicted octanol–water partition coefficient (Wildman–Crippen LogP) is 2.25. The van der Waals surface area contributed by atoms with E-state index in [1.807, 2.05) is 0 Å². The quantitative estimate of drug-likeness (QED) is 0.577. The fraction of sp³-hybridized carbons (Fsp3) is 0.722. The minimum absolute atomic E-state index is 0.526. The van der Waals surface area contributed by atoms with Crippen molar-refractivity contribution in [2.45, 2.75) is 32.6 Å². The van der Waals surface area contributed by atoms with E-state index in [-0.39, 0.29) is 0 Å². The fourth-order valence-corrected chi connectivity index (χ4v) is 3.75. The van der Waals surface area contributed by atoms with Gasteiger partial charge in [0.2, 0.25) is 5.95 Å². The van der Waals surface area contributed by atoms with E-state index in [9.17, 15) is 0 Å². The maximum absolute atomic E-state index is 5.36. The molecule has 3 rings (SSSR count). The Balaban J connectivity index is 1.77. The second-order valence-electron chi connectivity index (χ2n) is 7.17. The van der Waals surface area contributed by atoms with Crippen LogP contribution in [0.5, 0.6) is 0 Å². The first kappa shape index (κ1) is 19.1. The van der Waals surface area contributed by atoms with Crippen LogP contribution >= 0.6 is 12.2 Å². The number of methoxy groups -OCH3 is 1. The molecule has 0 bridgehead atoms. The molecule has 0 amide bonds. The Hall–Kier alpha value is -1.67. The van der Waals surface area contributed by atoms with Gasteiger partial charge in [0.25, 0.3) is 0 Å². The van der Waals surface area contributed by atoms with Crippen LogP contribution in [0.3, 0.4) is 0 Å². The lowest BCUT2D eigenvalue weighted by Crippen LogP contribution is -2.36. The second-order valence-corrected chi connectivity index (χ2v) is 7.58. The minimum atomic E-state index is 0.526. The summed E-state index contributed by atoms with van der Waals surface area (Å²) in [6.07, 6.45) is 4.95. The van der Waals surface area contributed by atoms with E-state index >= 15 is 0 Å². The van der Waals surface area contributed by atoms with Crippen molar-refractivity contribution in [1.29, 1.82) is 0 Å². The summed E-state index contributed by atoms with van der Waals surface area (Å²) in [6.45, 7) is 7.79. The molecule has 1 aromatic rings. The maximum atomic E-state index is 5.36. The summed E-state index contributed by atoms with van der Waals surface area (Å²) < 4.78 is 5.04. The normalized spacial score (nSPS) is 20.3. The molecule has 0 radical (unpaired) electrons. The Morgan fingerprint density at radius 1 is 1.19 bits per heavy atom. The van der Waals surface area contributed by atoms with Gasteiger partial charge in [0.15, 0.2) is 5.11 Å². The molecule has 2 aliphatic heterocycles. The number of aromatic nitrogens is 2. The van der Waals surface area contributed by atoms with Gasteiger partial charge in [-0.3, -0.25) is 0 Å². The molecule has 2 fully saturated rings. The Labute approximate surface area is 161 Å². The summed E-state index contributed by atoms with van der Waals surface area (Å²) in [6, 6.07) is 2.13. The first-order chi connectivity index (χ1) is 12.7. The number of thiocarbonyl (C=S) groups is 1. The van der Waals surface area contributed by atoms with E-state index < -0.39 is 0 Å². The highest BCUT2D eigenvalue weighted by Gasteiger charge is 2.21. The van der Waals surface area contributed by atoms with Crippen molar-refractivity contribution in [2.75, 3.05) is 61.6 Å². The molecule has 1 atom stereocenters. The van der Waals surface area contributed by atoms with E-state index in [0.717, 1.165) is 37.8 Å². The third-order valence-electron chi connectivity index (χ3n) is 4.93. The van der Waals surface area contributed by atoms with E-state index in [0.29, 0.717) is 30.1 Å². The van der Waals surface area contributed by atoms with Gasteiger partial charge in [-0.15, -0.1) is 0 Å². The molecule has 0 unspecified atom stereocenters. The molecular weight excluding hydrogens is 348 g/mol. The van der Waals surface area contributed by atoms with Crippen molar-refractivity contribution in [3.8, 4) is 0 Å². The third kappa shape index (κ3) is 5.17. The van der Waals surface area contributed by atoms with E-state index in [2.05, 4.69) is 33.4 Å². The van der Waals surface area contributed by atoms with Gasteiger partial charge in [-0.1, -0.05) is 6.92 Å². The summed E-state index contributed by atoms with van der Waals surface area (Å²) in [5.41, 5.74) is 0. The smallest absolute Gasteiger partial charge is 0.232 e. The van der Waals surface area contributed by atoms with Gasteiger partial charge in [0, 0.05) is 45.9 Å². The van der Waals surface area contributed by atoms with Crippen molar-refractivity contribution in [3.05, 3.63) is 6.07 Å². The molecule has 0 spiro atoms. The van der Waals surface area contributed by atoms with Crippen LogP contribution < -0.4 is 20.4 Å². The largest absolute Gasteiger partial charge is 0.383 e. The average Bonchev–Trinajstić information content (AvgIpc) is 3.16. The Morgan fingerprint density at radius 2 is 1.88 bits per heavy atom. The fourth-order valence-electron chi connectivity index (χ4n) is 3.56. The predicted molar refractivity (Wildman–Crippen MR) is 110 cm³/mol. The van der Waals surface area contributed by atoms with Crippen LogP contribution in [-0.2, 0) is 4.74 Å². The molecule has 144 valence electrons. The zero-order chi connectivity index (χ0) is 18.4. The highest BCUT2D eigenvalue weighted by molar-refractivity contribution is 7.80. The standard InChI is InChI=1S/C18H30N6OS/c1-14-6-5-10-24(13-14)16-12-15(23-8-3-4-9-23)20-17(21-16)22-18(26)19-7-11-25-2/h12,14H,3-11,13H2,1-2H3,(H2,19,20,21,22,26)/t14-/m1/s1. The van der Waals surface area contributed by atoms with Crippen LogP contribution in [0.15, 0.2) is 6.07 Å². The van der Waals surface area contributed by atoms with E-state index in [1.54, 1.807) is 7.11 Å². The highest BCUT2D eigenvalue weighted by Crippen LogP contribution is 2.27. The van der Waals surface area contributed by atoms with Crippen LogP contribution in [0.1, 0.15) is 32.6 Å². The first-order valence-corrected chi connectivity index (χ1v) is 9.99. The topological polar surface area (TPSA) is 65.6 Å². The molecule has 7 nitrogen and oxygen atoms in total. The van der Waals surface area contributed by atoms with Gasteiger partial charge in [-0.2, -0.15) is 9.97 Å². The number of nitrogens with zero attached hydrogens (tertiary/aromatic N) is 4. The molecule has 0 aliphatic carbocycles. The number of ether oxygens (including phenoxy) is 1. The molecule has 26 heavy (non-hydrogen) atoms. The maximum Gasteiger partial charge on any atom is 0.232 e. The number of anilines is 3. The number of rotatable bonds is 6. The molecule has 1 aromatic heterocycles. The van der Waals surface area contributed by atoms with Crippen LogP contribution in [0, 0.1) is 5.92 Å². The summed E-state index contributed by atoms with van der Waals surface area (Å²) >= 11 is 5.36. The van der Waals surface area contributed by atoms with E-state index in [1.165, 1.54) is 25.7 Å². The van der Waals surface area contributed by atoms with Crippen molar-refractivity contribution in [1.82, 2.24) is 15.3 Å². The minimum Gasteiger partial charge on any atom is -0.383 e. The number of piperidine rings is 1. The average molecular weight is 379 g/mol. The molecule has 3 heterocycles. The molecule has 0 saturated carbocycles. The Morgan fingerprint density at radius 3 is 2.58 bits per heavy atom. The lowest BCUT2D eigenvalue weighted by Gasteiger charge is -2.32. The van der Waals surface area contributed by atoms with Gasteiger partial charge in [0.1, 0.15) is 11.6 Å². The molecular formula is C18H30N6OS. The van der Waals surface area contributed by atoms with E-state index in [4.69, 9.17) is 26.9 Å². The molecule has 0 aromatic carbocycles. The molecule has 8 heteroatoms. The highest BCUT2D eigenvalue weighted by atomic mass is 32.1. The van der Waals surface area contributed by atoms with Crippen molar-refractivity contribution >= 4 is 34.9 Å². The van der Waals surface area contributed by atoms with Gasteiger partial charge in [-0.05, 0) is 43.8 Å². The zero-order valence-electron chi connectivity index (χ0n) is 15.8. The second kappa shape index (κ2) is 9.32. The first-order valence-electron chi connectivity index (χ1n) is 9.58. The summed E-state index contributed by atoms with van der Waals surface area (Å²) in [4.78, 5) is 14.2. The van der Waals surface area contributed by atoms with Crippen molar-refractivity contribution in [3.63, 3.8) is 0 Å². The third-order valence-corrected chi connectivity index (χ3v) is 5.17. The summed E-state index contributed by atoms with van der Waals surface area (Å²) in [7, 11) is 1.67. The number of hydrogen-bond acceptors (Lipinski definition) is 6. The van der Waals surface area contributed by atoms with Gasteiger partial charge >= 0.3 is 0 Å². The summed E-state index contributed by atoms with van der Waals surface area (Å²) in [5.74, 6) is 3.25. The monoisotopic (exact) mass is 378 g/mol. The van der Waals surface area contributed by atoms with Gasteiger partial charge in [0.05, 0.1) is 6.61 Å². The van der Waals surface area contributed by atoms with Crippen LogP contribution in [-0.4, -0.2) is 61.5 Å². The Kier molecular flexibility index (Phi) is 6.85. The lowest BCUT2D eigenvalue weighted by atomic mass is 10.0. The van der Waals surface area contributed by atoms with Crippen LogP contribution in [0.2, 0.25) is 0 Å². The van der Waals surface area contributed by atoms with Crippen molar-refractivity contribution < 1.29 is 4.74 Å². The van der Waals surface area contributed by atoms with Crippen LogP contribution in [0.25, 0.3) is 0 Å². The van der Waals surface area contributed by atoms with Crippen molar-refractivity contribution in [2.24, 2.45) is 5.92 Å². The SMILES string of the molecule is COCCNC(=S)Nc1nc(N2CCCC2)cc(N2CCC[C@@H](C)C2)n1. The number of nitrogens with one attached hydrogen (secondary N) is 2.